The molecule has 3 N–H and O–H groups in total. The Hall–Kier alpha value is -1.65. The van der Waals surface area contributed by atoms with Crippen molar-refractivity contribution in [2.75, 3.05) is 18.0 Å². The number of amidine groups is 1. The summed E-state index contributed by atoms with van der Waals surface area (Å²) in [7, 11) is 0. The third kappa shape index (κ3) is 2.05. The fourth-order valence-corrected chi connectivity index (χ4v) is 2.44. The first-order chi connectivity index (χ1) is 8.41. The summed E-state index contributed by atoms with van der Waals surface area (Å²) >= 11 is 0. The van der Waals surface area contributed by atoms with Crippen LogP contribution in [-0.2, 0) is 0 Å². The summed E-state index contributed by atoms with van der Waals surface area (Å²) in [6, 6.07) is 0. The van der Waals surface area contributed by atoms with Gasteiger partial charge >= 0.3 is 0 Å². The summed E-state index contributed by atoms with van der Waals surface area (Å²) in [5.41, 5.74) is 8.25. The van der Waals surface area contributed by atoms with Crippen molar-refractivity contribution in [2.24, 2.45) is 17.6 Å². The zero-order valence-electron chi connectivity index (χ0n) is 11.5. The average Bonchev–Trinajstić information content (AvgIpc) is 2.62. The summed E-state index contributed by atoms with van der Waals surface area (Å²) in [6.45, 7) is 10.2. The Bertz CT molecular complexity index is 473. The third-order valence-corrected chi connectivity index (χ3v) is 3.99. The third-order valence-electron chi connectivity index (χ3n) is 3.99. The summed E-state index contributed by atoms with van der Waals surface area (Å²) in [4.78, 5) is 2.20. The number of hydrogen-bond acceptors (Lipinski definition) is 4. The van der Waals surface area contributed by atoms with E-state index in [1.807, 2.05) is 13.8 Å². The standard InChI is InChI=1S/C13H21N5/c1-7-5-18(6-8(7)2)13-11(12(14)15)9(3)10(4)16-17-13/h7-8H,5-6H2,1-4H3,(H3,14,15). The molecule has 2 rings (SSSR count). The zero-order chi connectivity index (χ0) is 13.4. The monoisotopic (exact) mass is 247 g/mol. The van der Waals surface area contributed by atoms with E-state index in [0.717, 1.165) is 35.7 Å². The molecule has 0 aliphatic carbocycles. The SMILES string of the molecule is Cc1nnc(N2CC(C)C(C)C2)c(C(=N)N)c1C. The quantitative estimate of drug-likeness (QED) is 0.612. The first-order valence-corrected chi connectivity index (χ1v) is 6.35. The van der Waals surface area contributed by atoms with Crippen LogP contribution in [-0.4, -0.2) is 29.1 Å². The molecule has 2 atom stereocenters. The average molecular weight is 247 g/mol. The summed E-state index contributed by atoms with van der Waals surface area (Å²) in [5.74, 6) is 2.11. The van der Waals surface area contributed by atoms with Crippen LogP contribution >= 0.6 is 0 Å². The van der Waals surface area contributed by atoms with E-state index < -0.39 is 0 Å². The maximum absolute atomic E-state index is 7.76. The van der Waals surface area contributed by atoms with Crippen LogP contribution in [0.3, 0.4) is 0 Å². The van der Waals surface area contributed by atoms with Gasteiger partial charge in [0.2, 0.25) is 0 Å². The molecule has 5 nitrogen and oxygen atoms in total. The van der Waals surface area contributed by atoms with Crippen molar-refractivity contribution in [3.8, 4) is 0 Å². The van der Waals surface area contributed by atoms with Crippen LogP contribution in [0.1, 0.15) is 30.7 Å². The molecule has 1 aromatic heterocycles. The molecule has 1 aliphatic heterocycles. The number of nitrogen functional groups attached to an aromatic ring is 1. The molecule has 0 bridgehead atoms. The number of rotatable bonds is 2. The molecule has 2 heterocycles. The van der Waals surface area contributed by atoms with E-state index in [1.165, 1.54) is 0 Å². The van der Waals surface area contributed by atoms with Crippen LogP contribution in [0.5, 0.6) is 0 Å². The van der Waals surface area contributed by atoms with Gasteiger partial charge in [-0.05, 0) is 31.2 Å². The van der Waals surface area contributed by atoms with Gasteiger partial charge in [0, 0.05) is 13.1 Å². The number of anilines is 1. The molecule has 1 fully saturated rings. The molecule has 0 aromatic carbocycles. The molecule has 2 unspecified atom stereocenters. The van der Waals surface area contributed by atoms with Crippen molar-refractivity contribution in [3.05, 3.63) is 16.8 Å². The van der Waals surface area contributed by atoms with Gasteiger partial charge in [0.25, 0.3) is 0 Å². The van der Waals surface area contributed by atoms with Gasteiger partial charge in [-0.1, -0.05) is 13.8 Å². The Morgan fingerprint density at radius 2 is 1.78 bits per heavy atom. The highest BCUT2D eigenvalue weighted by molar-refractivity contribution is 6.01. The smallest absolute Gasteiger partial charge is 0.162 e. The lowest BCUT2D eigenvalue weighted by Gasteiger charge is -2.21. The lowest BCUT2D eigenvalue weighted by Crippen LogP contribution is -2.27. The van der Waals surface area contributed by atoms with Gasteiger partial charge in [-0.2, -0.15) is 5.10 Å². The van der Waals surface area contributed by atoms with Gasteiger partial charge in [0.05, 0.1) is 11.3 Å². The predicted octanol–water partition coefficient (Wildman–Crippen LogP) is 1.47. The van der Waals surface area contributed by atoms with E-state index in [0.29, 0.717) is 11.8 Å². The van der Waals surface area contributed by atoms with Crippen LogP contribution in [0, 0.1) is 31.1 Å². The Morgan fingerprint density at radius 3 is 2.28 bits per heavy atom. The molecular weight excluding hydrogens is 226 g/mol. The van der Waals surface area contributed by atoms with E-state index >= 15 is 0 Å². The first kappa shape index (κ1) is 12.8. The van der Waals surface area contributed by atoms with Gasteiger partial charge in [-0.25, -0.2) is 0 Å². The van der Waals surface area contributed by atoms with Crippen molar-refractivity contribution in [3.63, 3.8) is 0 Å². The van der Waals surface area contributed by atoms with Crippen molar-refractivity contribution in [1.82, 2.24) is 10.2 Å². The predicted molar refractivity (Wildman–Crippen MR) is 73.1 cm³/mol. The zero-order valence-corrected chi connectivity index (χ0v) is 11.5. The van der Waals surface area contributed by atoms with E-state index in [1.54, 1.807) is 0 Å². The Labute approximate surface area is 108 Å². The highest BCUT2D eigenvalue weighted by atomic mass is 15.3. The van der Waals surface area contributed by atoms with Crippen molar-refractivity contribution >= 4 is 11.7 Å². The van der Waals surface area contributed by atoms with Gasteiger partial charge in [-0.3, -0.25) is 5.41 Å². The highest BCUT2D eigenvalue weighted by Crippen LogP contribution is 2.29. The van der Waals surface area contributed by atoms with Crippen molar-refractivity contribution in [2.45, 2.75) is 27.7 Å². The normalized spacial score (nSPS) is 23.4. The fraction of sp³-hybridized carbons (Fsp3) is 0.615. The molecule has 0 amide bonds. The minimum atomic E-state index is 0.0766. The number of aromatic nitrogens is 2. The maximum atomic E-state index is 7.76. The second kappa shape index (κ2) is 4.55. The summed E-state index contributed by atoms with van der Waals surface area (Å²) < 4.78 is 0. The van der Waals surface area contributed by atoms with Crippen LogP contribution in [0.2, 0.25) is 0 Å². The number of nitrogens with zero attached hydrogens (tertiary/aromatic N) is 3. The molecule has 1 aromatic rings. The number of nitrogens with two attached hydrogens (primary N) is 1. The largest absolute Gasteiger partial charge is 0.384 e. The molecule has 0 spiro atoms. The summed E-state index contributed by atoms with van der Waals surface area (Å²) in [6.07, 6.45) is 0. The van der Waals surface area contributed by atoms with Crippen LogP contribution in [0.4, 0.5) is 5.82 Å². The number of nitrogens with one attached hydrogen (secondary N) is 1. The Balaban J connectivity index is 2.45. The van der Waals surface area contributed by atoms with E-state index in [9.17, 15) is 0 Å². The summed E-state index contributed by atoms with van der Waals surface area (Å²) in [5, 5.41) is 16.2. The highest BCUT2D eigenvalue weighted by Gasteiger charge is 2.29. The molecule has 0 radical (unpaired) electrons. The van der Waals surface area contributed by atoms with Crippen LogP contribution in [0.15, 0.2) is 0 Å². The molecule has 98 valence electrons. The molecule has 1 aliphatic rings. The Morgan fingerprint density at radius 1 is 1.22 bits per heavy atom. The molecule has 1 saturated heterocycles. The Kier molecular flexibility index (Phi) is 3.24. The molecule has 18 heavy (non-hydrogen) atoms. The van der Waals surface area contributed by atoms with Gasteiger partial charge in [0.1, 0.15) is 5.84 Å². The van der Waals surface area contributed by atoms with Gasteiger partial charge < -0.3 is 10.6 Å². The minimum Gasteiger partial charge on any atom is -0.384 e. The second-order valence-electron chi connectivity index (χ2n) is 5.38. The van der Waals surface area contributed by atoms with Crippen molar-refractivity contribution < 1.29 is 0 Å². The maximum Gasteiger partial charge on any atom is 0.162 e. The topological polar surface area (TPSA) is 78.9 Å². The van der Waals surface area contributed by atoms with Gasteiger partial charge in [0.15, 0.2) is 5.82 Å². The number of hydrogen-bond donors (Lipinski definition) is 2. The van der Waals surface area contributed by atoms with Crippen LogP contribution in [0.25, 0.3) is 0 Å². The molecule has 5 heteroatoms. The lowest BCUT2D eigenvalue weighted by atomic mass is 10.0. The van der Waals surface area contributed by atoms with Crippen LogP contribution < -0.4 is 10.6 Å². The van der Waals surface area contributed by atoms with E-state index in [4.69, 9.17) is 11.1 Å². The van der Waals surface area contributed by atoms with E-state index in [2.05, 4.69) is 28.9 Å². The molecular formula is C13H21N5. The molecule has 0 saturated carbocycles. The lowest BCUT2D eigenvalue weighted by molar-refractivity contribution is 0.494. The first-order valence-electron chi connectivity index (χ1n) is 6.35. The van der Waals surface area contributed by atoms with E-state index in [-0.39, 0.29) is 5.84 Å². The minimum absolute atomic E-state index is 0.0766. The van der Waals surface area contributed by atoms with Gasteiger partial charge in [-0.15, -0.1) is 5.10 Å². The number of aryl methyl sites for hydroxylation is 1. The fourth-order valence-electron chi connectivity index (χ4n) is 2.44. The van der Waals surface area contributed by atoms with Crippen molar-refractivity contribution in [1.29, 1.82) is 5.41 Å². The second-order valence-corrected chi connectivity index (χ2v) is 5.38.